The maximum absolute atomic E-state index is 13.3. The zero-order valence-corrected chi connectivity index (χ0v) is 17.1. The minimum Gasteiger partial charge on any atom is -0.490 e. The van der Waals surface area contributed by atoms with Crippen molar-refractivity contribution in [3.05, 3.63) is 29.3 Å². The molecule has 28 heavy (non-hydrogen) atoms. The highest BCUT2D eigenvalue weighted by atomic mass is 19.4. The molecule has 3 rings (SSSR count). The van der Waals surface area contributed by atoms with Gasteiger partial charge in [-0.3, -0.25) is 4.90 Å². The fraction of sp³-hybridized carbons (Fsp3) is 0.727. The Hall–Kier alpha value is -1.27. The molecule has 1 unspecified atom stereocenters. The highest BCUT2D eigenvalue weighted by molar-refractivity contribution is 5.39. The first-order valence-corrected chi connectivity index (χ1v) is 10.7. The second-order valence-corrected chi connectivity index (χ2v) is 8.26. The molecule has 1 aromatic rings. The van der Waals surface area contributed by atoms with Gasteiger partial charge in [0.2, 0.25) is 0 Å². The van der Waals surface area contributed by atoms with Crippen LogP contribution < -0.4 is 10.1 Å². The van der Waals surface area contributed by atoms with Crippen LogP contribution in [0.25, 0.3) is 0 Å². The van der Waals surface area contributed by atoms with Crippen molar-refractivity contribution >= 4 is 0 Å². The molecule has 1 aromatic carbocycles. The Bertz CT molecular complexity index is 641. The molecular formula is C22H33F3N2O. The van der Waals surface area contributed by atoms with Crippen molar-refractivity contribution < 1.29 is 17.9 Å². The first kappa shape index (κ1) is 21.4. The smallest absolute Gasteiger partial charge is 0.416 e. The number of nitrogens with zero attached hydrogens (tertiary/aromatic N) is 1. The molecule has 2 aliphatic rings. The molecule has 2 fully saturated rings. The van der Waals surface area contributed by atoms with Gasteiger partial charge < -0.3 is 10.1 Å². The lowest BCUT2D eigenvalue weighted by molar-refractivity contribution is -0.137. The van der Waals surface area contributed by atoms with Crippen molar-refractivity contribution in [2.45, 2.75) is 83.2 Å². The molecule has 2 saturated heterocycles. The molecule has 2 heterocycles. The van der Waals surface area contributed by atoms with E-state index < -0.39 is 11.7 Å². The van der Waals surface area contributed by atoms with Crippen LogP contribution in [0.3, 0.4) is 0 Å². The van der Waals surface area contributed by atoms with E-state index >= 15 is 0 Å². The monoisotopic (exact) mass is 398 g/mol. The van der Waals surface area contributed by atoms with Crippen molar-refractivity contribution in [1.29, 1.82) is 0 Å². The molecule has 3 nitrogen and oxygen atoms in total. The number of rotatable bonds is 7. The SMILES string of the molecule is CCCC(CC)Oc1cc(C(F)(F)F)ccc1CN1CCCC12CCNCC2. The van der Waals surface area contributed by atoms with Gasteiger partial charge in [0.05, 0.1) is 11.7 Å². The average Bonchev–Trinajstić information content (AvgIpc) is 3.03. The lowest BCUT2D eigenvalue weighted by Gasteiger charge is -2.42. The van der Waals surface area contributed by atoms with Gasteiger partial charge in [-0.2, -0.15) is 13.2 Å². The topological polar surface area (TPSA) is 24.5 Å². The summed E-state index contributed by atoms with van der Waals surface area (Å²) >= 11 is 0. The van der Waals surface area contributed by atoms with Gasteiger partial charge in [-0.15, -0.1) is 0 Å². The van der Waals surface area contributed by atoms with Crippen molar-refractivity contribution in [2.24, 2.45) is 0 Å². The Morgan fingerprint density at radius 1 is 1.18 bits per heavy atom. The van der Waals surface area contributed by atoms with Crippen molar-refractivity contribution in [3.8, 4) is 5.75 Å². The number of nitrogens with one attached hydrogen (secondary N) is 1. The molecule has 6 heteroatoms. The summed E-state index contributed by atoms with van der Waals surface area (Å²) in [6.07, 6.45) is 2.76. The largest absolute Gasteiger partial charge is 0.490 e. The van der Waals surface area contributed by atoms with E-state index in [1.807, 2.05) is 6.92 Å². The van der Waals surface area contributed by atoms with E-state index in [1.165, 1.54) is 18.6 Å². The van der Waals surface area contributed by atoms with E-state index in [4.69, 9.17) is 4.74 Å². The Balaban J connectivity index is 1.86. The van der Waals surface area contributed by atoms with Gasteiger partial charge in [-0.05, 0) is 70.3 Å². The van der Waals surface area contributed by atoms with Crippen LogP contribution in [0.5, 0.6) is 5.75 Å². The van der Waals surface area contributed by atoms with Crippen LogP contribution in [0.2, 0.25) is 0 Å². The highest BCUT2D eigenvalue weighted by Gasteiger charge is 2.41. The number of alkyl halides is 3. The number of benzene rings is 1. The van der Waals surface area contributed by atoms with Crippen LogP contribution in [0.1, 0.15) is 69.9 Å². The number of halogens is 3. The van der Waals surface area contributed by atoms with Gasteiger partial charge in [0.1, 0.15) is 5.75 Å². The van der Waals surface area contributed by atoms with Gasteiger partial charge in [0, 0.05) is 17.6 Å². The zero-order chi connectivity index (χ0) is 20.2. The lowest BCUT2D eigenvalue weighted by Crippen LogP contribution is -2.50. The molecule has 0 radical (unpaired) electrons. The third kappa shape index (κ3) is 4.82. The second kappa shape index (κ2) is 9.04. The van der Waals surface area contributed by atoms with Gasteiger partial charge in [-0.1, -0.05) is 26.3 Å². The molecule has 1 N–H and O–H groups in total. The van der Waals surface area contributed by atoms with E-state index in [-0.39, 0.29) is 11.6 Å². The maximum Gasteiger partial charge on any atom is 0.416 e. The summed E-state index contributed by atoms with van der Waals surface area (Å²) in [4.78, 5) is 2.49. The Morgan fingerprint density at radius 2 is 1.93 bits per heavy atom. The second-order valence-electron chi connectivity index (χ2n) is 8.26. The number of ether oxygens (including phenoxy) is 1. The molecule has 0 amide bonds. The van der Waals surface area contributed by atoms with Crippen molar-refractivity contribution in [3.63, 3.8) is 0 Å². The molecule has 1 spiro atoms. The Kier molecular flexibility index (Phi) is 6.92. The first-order valence-electron chi connectivity index (χ1n) is 10.7. The molecule has 0 bridgehead atoms. The van der Waals surface area contributed by atoms with Crippen LogP contribution in [0, 0.1) is 0 Å². The fourth-order valence-corrected chi connectivity index (χ4v) is 4.72. The standard InChI is InChI=1S/C22H33F3N2O/c1-3-6-19(4-2)28-20-15-18(22(23,24)25)8-7-17(20)16-27-14-5-9-21(27)10-12-26-13-11-21/h7-8,15,19,26H,3-6,9-14,16H2,1-2H3. The van der Waals surface area contributed by atoms with Crippen molar-refractivity contribution in [2.75, 3.05) is 19.6 Å². The van der Waals surface area contributed by atoms with E-state index in [0.29, 0.717) is 12.3 Å². The maximum atomic E-state index is 13.3. The molecule has 1 atom stereocenters. The summed E-state index contributed by atoms with van der Waals surface area (Å²) < 4.78 is 46.0. The van der Waals surface area contributed by atoms with Crippen LogP contribution in [-0.4, -0.2) is 36.2 Å². The van der Waals surface area contributed by atoms with E-state index in [1.54, 1.807) is 6.07 Å². The van der Waals surface area contributed by atoms with E-state index in [9.17, 15) is 13.2 Å². The molecule has 0 saturated carbocycles. The number of likely N-dealkylation sites (tertiary alicyclic amines) is 1. The highest BCUT2D eigenvalue weighted by Crippen LogP contribution is 2.40. The summed E-state index contributed by atoms with van der Waals surface area (Å²) in [5.41, 5.74) is 0.441. The molecule has 0 aliphatic carbocycles. The summed E-state index contributed by atoms with van der Waals surface area (Å²) in [7, 11) is 0. The summed E-state index contributed by atoms with van der Waals surface area (Å²) in [5, 5.41) is 3.43. The average molecular weight is 399 g/mol. The molecule has 158 valence electrons. The third-order valence-electron chi connectivity index (χ3n) is 6.39. The molecular weight excluding hydrogens is 365 g/mol. The lowest BCUT2D eigenvalue weighted by atomic mass is 9.85. The number of piperidine rings is 1. The number of hydrogen-bond donors (Lipinski definition) is 1. The first-order chi connectivity index (χ1) is 13.4. The van der Waals surface area contributed by atoms with E-state index in [0.717, 1.165) is 63.7 Å². The third-order valence-corrected chi connectivity index (χ3v) is 6.39. The Labute approximate surface area is 166 Å². The van der Waals surface area contributed by atoms with Gasteiger partial charge >= 0.3 is 6.18 Å². The van der Waals surface area contributed by atoms with Crippen molar-refractivity contribution in [1.82, 2.24) is 10.2 Å². The van der Waals surface area contributed by atoms with Gasteiger partial charge in [0.25, 0.3) is 0 Å². The summed E-state index contributed by atoms with van der Waals surface area (Å²) in [5.74, 6) is 0.408. The van der Waals surface area contributed by atoms with Gasteiger partial charge in [0.15, 0.2) is 0 Å². The quantitative estimate of drug-likeness (QED) is 0.667. The molecule has 2 aliphatic heterocycles. The van der Waals surface area contributed by atoms with Crippen LogP contribution in [-0.2, 0) is 12.7 Å². The number of hydrogen-bond acceptors (Lipinski definition) is 3. The van der Waals surface area contributed by atoms with Crippen LogP contribution in [0.15, 0.2) is 18.2 Å². The van der Waals surface area contributed by atoms with Crippen LogP contribution in [0.4, 0.5) is 13.2 Å². The summed E-state index contributed by atoms with van der Waals surface area (Å²) in [6.45, 7) is 7.80. The van der Waals surface area contributed by atoms with E-state index in [2.05, 4.69) is 17.1 Å². The predicted octanol–water partition coefficient (Wildman–Crippen LogP) is 5.38. The fourth-order valence-electron chi connectivity index (χ4n) is 4.72. The normalized spacial score (nSPS) is 21.2. The Morgan fingerprint density at radius 3 is 2.57 bits per heavy atom. The minimum atomic E-state index is -4.35. The zero-order valence-electron chi connectivity index (χ0n) is 17.1. The van der Waals surface area contributed by atoms with Gasteiger partial charge in [-0.25, -0.2) is 0 Å². The molecule has 0 aromatic heterocycles. The summed E-state index contributed by atoms with van der Waals surface area (Å²) in [6, 6.07) is 4.04. The minimum absolute atomic E-state index is 0.0429. The predicted molar refractivity (Wildman–Crippen MR) is 106 cm³/mol. The van der Waals surface area contributed by atoms with Crippen LogP contribution >= 0.6 is 0 Å².